The number of aryl methyl sites for hydroxylation is 2. The molecule has 0 aromatic carbocycles. The summed E-state index contributed by atoms with van der Waals surface area (Å²) in [6.45, 7) is 1.54. The van der Waals surface area contributed by atoms with Gasteiger partial charge in [-0.25, -0.2) is 0 Å². The van der Waals surface area contributed by atoms with Crippen LogP contribution in [0, 0.1) is 0 Å². The summed E-state index contributed by atoms with van der Waals surface area (Å²) in [5.74, 6) is 0.870. The van der Waals surface area contributed by atoms with Crippen LogP contribution < -0.4 is 5.32 Å². The predicted octanol–water partition coefficient (Wildman–Crippen LogP) is 0.966. The van der Waals surface area contributed by atoms with E-state index in [-0.39, 0.29) is 0 Å². The van der Waals surface area contributed by atoms with Crippen LogP contribution in [0.1, 0.15) is 11.3 Å². The number of aliphatic imine (C=N–C) groups is 1. The lowest BCUT2D eigenvalue weighted by molar-refractivity contribution is 0.475. The van der Waals surface area contributed by atoms with E-state index in [9.17, 15) is 0 Å². The average Bonchev–Trinajstić information content (AvgIpc) is 3.00. The maximum atomic E-state index is 4.32. The van der Waals surface area contributed by atoms with Crippen LogP contribution >= 0.6 is 0 Å². The Morgan fingerprint density at radius 3 is 2.80 bits per heavy atom. The summed E-state index contributed by atoms with van der Waals surface area (Å²) in [6.07, 6.45) is 5.93. The molecule has 0 amide bonds. The summed E-state index contributed by atoms with van der Waals surface area (Å²) in [4.78, 5) is 6.40. The van der Waals surface area contributed by atoms with Crippen LogP contribution in [0.4, 0.5) is 0 Å². The van der Waals surface area contributed by atoms with E-state index in [0.29, 0.717) is 0 Å². The van der Waals surface area contributed by atoms with Crippen molar-refractivity contribution in [3.05, 3.63) is 42.0 Å². The van der Waals surface area contributed by atoms with E-state index < -0.39 is 0 Å². The summed E-state index contributed by atoms with van der Waals surface area (Å²) >= 11 is 0. The molecular formula is C14H22N6. The number of hydrogen-bond donors (Lipinski definition) is 1. The van der Waals surface area contributed by atoms with Crippen LogP contribution in [0.5, 0.6) is 0 Å². The first-order valence-corrected chi connectivity index (χ1v) is 6.59. The molecule has 0 aliphatic rings. The van der Waals surface area contributed by atoms with Crippen molar-refractivity contribution in [1.82, 2.24) is 24.6 Å². The maximum absolute atomic E-state index is 4.32. The molecule has 2 heterocycles. The summed E-state index contributed by atoms with van der Waals surface area (Å²) in [7, 11) is 7.78. The first-order valence-electron chi connectivity index (χ1n) is 6.59. The number of guanidine groups is 1. The molecule has 0 aliphatic heterocycles. The fraction of sp³-hybridized carbons (Fsp3) is 0.429. The zero-order chi connectivity index (χ0) is 14.5. The van der Waals surface area contributed by atoms with Crippen molar-refractivity contribution in [2.45, 2.75) is 13.1 Å². The monoisotopic (exact) mass is 274 g/mol. The topological polar surface area (TPSA) is 50.4 Å². The van der Waals surface area contributed by atoms with Crippen molar-refractivity contribution in [2.75, 3.05) is 14.1 Å². The van der Waals surface area contributed by atoms with Crippen LogP contribution in [0.2, 0.25) is 0 Å². The third-order valence-electron chi connectivity index (χ3n) is 3.23. The summed E-state index contributed by atoms with van der Waals surface area (Å²) in [5.41, 5.74) is 2.39. The second-order valence-electron chi connectivity index (χ2n) is 4.89. The van der Waals surface area contributed by atoms with Crippen molar-refractivity contribution < 1.29 is 0 Å². The molecule has 0 radical (unpaired) electrons. The van der Waals surface area contributed by atoms with E-state index in [2.05, 4.69) is 30.9 Å². The highest BCUT2D eigenvalue weighted by Crippen LogP contribution is 2.03. The first kappa shape index (κ1) is 14.2. The fourth-order valence-electron chi connectivity index (χ4n) is 2.14. The molecule has 0 aliphatic carbocycles. The van der Waals surface area contributed by atoms with Gasteiger partial charge in [0.15, 0.2) is 5.96 Å². The molecule has 2 aromatic heterocycles. The zero-order valence-corrected chi connectivity index (χ0v) is 12.5. The van der Waals surface area contributed by atoms with Gasteiger partial charge >= 0.3 is 0 Å². The second-order valence-corrected chi connectivity index (χ2v) is 4.89. The molecule has 0 saturated carbocycles. The molecule has 0 bridgehead atoms. The van der Waals surface area contributed by atoms with E-state index in [1.165, 1.54) is 5.69 Å². The number of aromatic nitrogens is 3. The minimum atomic E-state index is 0.757. The summed E-state index contributed by atoms with van der Waals surface area (Å²) in [6, 6.07) is 4.14. The zero-order valence-electron chi connectivity index (χ0n) is 12.5. The van der Waals surface area contributed by atoms with Gasteiger partial charge in [0.2, 0.25) is 0 Å². The molecule has 1 N–H and O–H groups in total. The maximum Gasteiger partial charge on any atom is 0.194 e. The largest absolute Gasteiger partial charge is 0.353 e. The lowest BCUT2D eigenvalue weighted by atomic mass is 10.3. The SMILES string of the molecule is CN=C(NCc1cccn1C)N(C)Cc1cnn(C)c1. The third-order valence-corrected chi connectivity index (χ3v) is 3.23. The van der Waals surface area contributed by atoms with Gasteiger partial charge < -0.3 is 14.8 Å². The van der Waals surface area contributed by atoms with Crippen molar-refractivity contribution in [1.29, 1.82) is 0 Å². The highest BCUT2D eigenvalue weighted by molar-refractivity contribution is 5.79. The normalized spacial score (nSPS) is 11.7. The quantitative estimate of drug-likeness (QED) is 0.667. The predicted molar refractivity (Wildman–Crippen MR) is 80.3 cm³/mol. The molecular weight excluding hydrogens is 252 g/mol. The van der Waals surface area contributed by atoms with Gasteiger partial charge in [-0.1, -0.05) is 0 Å². The van der Waals surface area contributed by atoms with E-state index >= 15 is 0 Å². The van der Waals surface area contributed by atoms with Crippen LogP contribution in [-0.4, -0.2) is 39.3 Å². The number of nitrogens with one attached hydrogen (secondary N) is 1. The van der Waals surface area contributed by atoms with Crippen LogP contribution in [0.3, 0.4) is 0 Å². The van der Waals surface area contributed by atoms with Crippen molar-refractivity contribution in [3.8, 4) is 0 Å². The molecule has 0 saturated heterocycles. The highest BCUT2D eigenvalue weighted by atomic mass is 15.3. The molecule has 108 valence electrons. The summed E-state index contributed by atoms with van der Waals surface area (Å²) < 4.78 is 3.91. The van der Waals surface area contributed by atoms with Gasteiger partial charge in [-0.3, -0.25) is 9.67 Å². The minimum absolute atomic E-state index is 0.757. The van der Waals surface area contributed by atoms with Gasteiger partial charge in [0.25, 0.3) is 0 Å². The Morgan fingerprint density at radius 2 is 2.25 bits per heavy atom. The van der Waals surface area contributed by atoms with Gasteiger partial charge in [-0.15, -0.1) is 0 Å². The minimum Gasteiger partial charge on any atom is -0.353 e. The third kappa shape index (κ3) is 3.40. The number of nitrogens with zero attached hydrogens (tertiary/aromatic N) is 5. The Hall–Kier alpha value is -2.24. The van der Waals surface area contributed by atoms with Crippen LogP contribution in [-0.2, 0) is 27.2 Å². The molecule has 0 unspecified atom stereocenters. The van der Waals surface area contributed by atoms with E-state index in [1.54, 1.807) is 7.05 Å². The molecule has 2 aromatic rings. The van der Waals surface area contributed by atoms with Gasteiger partial charge in [-0.05, 0) is 12.1 Å². The van der Waals surface area contributed by atoms with Crippen LogP contribution in [0.15, 0.2) is 35.7 Å². The van der Waals surface area contributed by atoms with Gasteiger partial charge in [0, 0.05) is 58.4 Å². The lowest BCUT2D eigenvalue weighted by Gasteiger charge is -2.21. The van der Waals surface area contributed by atoms with Gasteiger partial charge in [0.1, 0.15) is 0 Å². The number of rotatable bonds is 4. The van der Waals surface area contributed by atoms with Gasteiger partial charge in [-0.2, -0.15) is 5.10 Å². The average molecular weight is 274 g/mol. The van der Waals surface area contributed by atoms with Gasteiger partial charge in [0.05, 0.1) is 12.7 Å². The Bertz CT molecular complexity index is 580. The number of hydrogen-bond acceptors (Lipinski definition) is 2. The van der Waals surface area contributed by atoms with E-state index in [4.69, 9.17) is 0 Å². The smallest absolute Gasteiger partial charge is 0.194 e. The molecule has 0 atom stereocenters. The Morgan fingerprint density at radius 1 is 1.45 bits per heavy atom. The Balaban J connectivity index is 1.93. The summed E-state index contributed by atoms with van der Waals surface area (Å²) in [5, 5.41) is 7.55. The molecule has 6 heteroatoms. The standard InChI is InChI=1S/C14H22N6/c1-15-14(16-9-13-6-5-7-18(13)2)19(3)10-12-8-17-20(4)11-12/h5-8,11H,9-10H2,1-4H3,(H,15,16). The van der Waals surface area contributed by atoms with Crippen molar-refractivity contribution in [3.63, 3.8) is 0 Å². The lowest BCUT2D eigenvalue weighted by Crippen LogP contribution is -2.38. The molecule has 0 fully saturated rings. The first-order chi connectivity index (χ1) is 9.60. The van der Waals surface area contributed by atoms with Crippen molar-refractivity contribution >= 4 is 5.96 Å². The van der Waals surface area contributed by atoms with Crippen LogP contribution in [0.25, 0.3) is 0 Å². The Kier molecular flexibility index (Phi) is 4.45. The molecule has 6 nitrogen and oxygen atoms in total. The molecule has 0 spiro atoms. The van der Waals surface area contributed by atoms with E-state index in [1.807, 2.05) is 50.5 Å². The second kappa shape index (κ2) is 6.27. The Labute approximate surface area is 119 Å². The van der Waals surface area contributed by atoms with E-state index in [0.717, 1.165) is 24.6 Å². The molecule has 20 heavy (non-hydrogen) atoms. The fourth-order valence-corrected chi connectivity index (χ4v) is 2.14. The highest BCUT2D eigenvalue weighted by Gasteiger charge is 2.08. The molecule has 2 rings (SSSR count). The van der Waals surface area contributed by atoms with Crippen molar-refractivity contribution in [2.24, 2.45) is 19.1 Å².